The molecule has 31 heavy (non-hydrogen) atoms. The normalized spacial score (nSPS) is 10.2. The Morgan fingerprint density at radius 1 is 1.06 bits per heavy atom. The number of carbonyl (C=O) groups excluding carboxylic acids is 2. The van der Waals surface area contributed by atoms with E-state index in [4.69, 9.17) is 44.8 Å². The Kier molecular flexibility index (Phi) is 6.98. The molecule has 3 rings (SSSR count). The molecule has 2 aromatic carbocycles. The molecule has 10 heteroatoms. The van der Waals surface area contributed by atoms with E-state index >= 15 is 0 Å². The van der Waals surface area contributed by atoms with Gasteiger partial charge in [-0.25, -0.2) is 9.78 Å². The van der Waals surface area contributed by atoms with E-state index in [9.17, 15) is 9.59 Å². The fraction of sp³-hybridized carbons (Fsp3) is 0.0476. The van der Waals surface area contributed by atoms with Gasteiger partial charge in [0.05, 0.1) is 21.2 Å². The van der Waals surface area contributed by atoms with Crippen LogP contribution in [0, 0.1) is 18.3 Å². The van der Waals surface area contributed by atoms with Crippen LogP contribution in [-0.4, -0.2) is 16.9 Å². The first-order chi connectivity index (χ1) is 14.8. The monoisotopic (exact) mass is 474 g/mol. The smallest absolute Gasteiger partial charge is 0.326 e. The lowest BCUT2D eigenvalue weighted by molar-refractivity contribution is 0.0967. The molecule has 0 aliphatic heterocycles. The minimum atomic E-state index is -0.758. The van der Waals surface area contributed by atoms with Crippen molar-refractivity contribution in [2.45, 2.75) is 6.92 Å². The number of ether oxygens (including phenoxy) is 1. The maximum absolute atomic E-state index is 12.3. The number of pyridine rings is 1. The van der Waals surface area contributed by atoms with Gasteiger partial charge in [-0.3, -0.25) is 10.1 Å². The molecule has 7 nitrogen and oxygen atoms in total. The number of nitrogens with zero attached hydrogens (tertiary/aromatic N) is 2. The van der Waals surface area contributed by atoms with Crippen LogP contribution in [0.3, 0.4) is 0 Å². The molecular formula is C21H13Cl3N4O3. The number of amides is 3. The van der Waals surface area contributed by atoms with E-state index in [2.05, 4.69) is 15.6 Å². The number of anilines is 1. The summed E-state index contributed by atoms with van der Waals surface area (Å²) in [4.78, 5) is 28.5. The highest BCUT2D eigenvalue weighted by atomic mass is 35.5. The molecule has 1 heterocycles. The van der Waals surface area contributed by atoms with Crippen molar-refractivity contribution >= 4 is 52.4 Å². The van der Waals surface area contributed by atoms with E-state index in [0.29, 0.717) is 22.6 Å². The fourth-order valence-corrected chi connectivity index (χ4v) is 3.32. The van der Waals surface area contributed by atoms with Crippen molar-refractivity contribution in [2.24, 2.45) is 0 Å². The second kappa shape index (κ2) is 9.67. The molecule has 0 aliphatic carbocycles. The number of hydrogen-bond donors (Lipinski definition) is 2. The van der Waals surface area contributed by atoms with Crippen molar-refractivity contribution < 1.29 is 14.3 Å². The van der Waals surface area contributed by atoms with Gasteiger partial charge in [0.25, 0.3) is 5.91 Å². The Labute approximate surface area is 192 Å². The lowest BCUT2D eigenvalue weighted by atomic mass is 10.2. The molecule has 2 N–H and O–H groups in total. The van der Waals surface area contributed by atoms with E-state index in [0.717, 1.165) is 0 Å². The summed E-state index contributed by atoms with van der Waals surface area (Å²) in [7, 11) is 0. The first-order valence-corrected chi connectivity index (χ1v) is 9.82. The average molecular weight is 476 g/mol. The second-order valence-corrected chi connectivity index (χ2v) is 7.43. The summed E-state index contributed by atoms with van der Waals surface area (Å²) in [6.45, 7) is 1.75. The van der Waals surface area contributed by atoms with E-state index < -0.39 is 11.9 Å². The molecule has 3 amide bonds. The molecule has 0 saturated carbocycles. The Balaban J connectivity index is 1.68. The van der Waals surface area contributed by atoms with Gasteiger partial charge in [-0.2, -0.15) is 5.26 Å². The number of aryl methyl sites for hydroxylation is 1. The highest BCUT2D eigenvalue weighted by Crippen LogP contribution is 2.31. The SMILES string of the molecule is Cc1cc(NC(=O)NC(=O)c2c(Cl)cccc2Cl)ccc1Oc1ncc(C#N)cc1Cl. The van der Waals surface area contributed by atoms with Crippen LogP contribution in [0.2, 0.25) is 15.1 Å². The van der Waals surface area contributed by atoms with Gasteiger partial charge in [0, 0.05) is 11.9 Å². The molecule has 0 fully saturated rings. The van der Waals surface area contributed by atoms with Crippen molar-refractivity contribution in [3.05, 3.63) is 80.4 Å². The van der Waals surface area contributed by atoms with Gasteiger partial charge in [-0.15, -0.1) is 0 Å². The summed E-state index contributed by atoms with van der Waals surface area (Å²) in [5, 5.41) is 14.0. The Morgan fingerprint density at radius 2 is 1.77 bits per heavy atom. The predicted octanol–water partition coefficient (Wildman–Crippen LogP) is 5.98. The van der Waals surface area contributed by atoms with E-state index in [-0.39, 0.29) is 26.5 Å². The molecule has 0 spiro atoms. The lowest BCUT2D eigenvalue weighted by Crippen LogP contribution is -2.34. The number of halogens is 3. The molecule has 0 radical (unpaired) electrons. The average Bonchev–Trinajstić information content (AvgIpc) is 2.71. The zero-order chi connectivity index (χ0) is 22.5. The number of carbonyl (C=O) groups is 2. The minimum Gasteiger partial charge on any atom is -0.437 e. The summed E-state index contributed by atoms with van der Waals surface area (Å²) in [5.41, 5.74) is 1.40. The molecule has 3 aromatic rings. The third kappa shape index (κ3) is 5.44. The van der Waals surface area contributed by atoms with Crippen molar-refractivity contribution in [3.63, 3.8) is 0 Å². The van der Waals surface area contributed by atoms with E-state index in [1.54, 1.807) is 31.2 Å². The van der Waals surface area contributed by atoms with Crippen LogP contribution in [0.15, 0.2) is 48.7 Å². The molecule has 0 aliphatic rings. The van der Waals surface area contributed by atoms with Crippen LogP contribution < -0.4 is 15.4 Å². The minimum absolute atomic E-state index is 0.00714. The summed E-state index contributed by atoms with van der Waals surface area (Å²) < 4.78 is 5.68. The molecule has 0 unspecified atom stereocenters. The van der Waals surface area contributed by atoms with Crippen molar-refractivity contribution in [1.29, 1.82) is 5.26 Å². The summed E-state index contributed by atoms with van der Waals surface area (Å²) in [6.07, 6.45) is 1.35. The molecule has 0 atom stereocenters. The largest absolute Gasteiger partial charge is 0.437 e. The molecular weight excluding hydrogens is 463 g/mol. The van der Waals surface area contributed by atoms with Gasteiger partial charge in [0.15, 0.2) is 0 Å². The maximum atomic E-state index is 12.3. The number of hydrogen-bond acceptors (Lipinski definition) is 5. The topological polar surface area (TPSA) is 104 Å². The van der Waals surface area contributed by atoms with Gasteiger partial charge in [-0.1, -0.05) is 40.9 Å². The number of imide groups is 1. The van der Waals surface area contributed by atoms with Gasteiger partial charge in [0.2, 0.25) is 5.88 Å². The summed E-state index contributed by atoms with van der Waals surface area (Å²) >= 11 is 18.0. The summed E-state index contributed by atoms with van der Waals surface area (Å²) in [5.74, 6) is -0.139. The quantitative estimate of drug-likeness (QED) is 0.483. The standard InChI is InChI=1S/C21H13Cl3N4O3/c1-11-7-13(5-6-17(11)31-20-16(24)8-12(9-25)10-26-20)27-21(30)28-19(29)18-14(22)3-2-4-15(18)23/h2-8,10H,1H3,(H2,27,28,29,30). The van der Waals surface area contributed by atoms with Crippen LogP contribution in [0.5, 0.6) is 11.6 Å². The number of benzene rings is 2. The first-order valence-electron chi connectivity index (χ1n) is 8.69. The molecule has 0 bridgehead atoms. The van der Waals surface area contributed by atoms with Crippen LogP contribution in [0.25, 0.3) is 0 Å². The van der Waals surface area contributed by atoms with Crippen molar-refractivity contribution in [3.8, 4) is 17.7 Å². The maximum Gasteiger partial charge on any atom is 0.326 e. The molecule has 0 saturated heterocycles. The number of urea groups is 1. The number of aromatic nitrogens is 1. The molecule has 156 valence electrons. The van der Waals surface area contributed by atoms with Gasteiger partial charge < -0.3 is 10.1 Å². The van der Waals surface area contributed by atoms with E-state index in [1.807, 2.05) is 6.07 Å². The second-order valence-electron chi connectivity index (χ2n) is 6.21. The Bertz CT molecular complexity index is 1200. The Hall–Kier alpha value is -3.31. The van der Waals surface area contributed by atoms with Crippen molar-refractivity contribution in [1.82, 2.24) is 10.3 Å². The third-order valence-electron chi connectivity index (χ3n) is 3.99. The number of rotatable bonds is 4. The van der Waals surface area contributed by atoms with Crippen LogP contribution >= 0.6 is 34.8 Å². The third-order valence-corrected chi connectivity index (χ3v) is 4.89. The fourth-order valence-electron chi connectivity index (χ4n) is 2.55. The van der Waals surface area contributed by atoms with Crippen LogP contribution in [0.4, 0.5) is 10.5 Å². The highest BCUT2D eigenvalue weighted by molar-refractivity contribution is 6.40. The van der Waals surface area contributed by atoms with Crippen LogP contribution in [-0.2, 0) is 0 Å². The zero-order valence-electron chi connectivity index (χ0n) is 15.9. The number of nitriles is 1. The zero-order valence-corrected chi connectivity index (χ0v) is 18.1. The summed E-state index contributed by atoms with van der Waals surface area (Å²) in [6, 6.07) is 12.0. The lowest BCUT2D eigenvalue weighted by Gasteiger charge is -2.12. The van der Waals surface area contributed by atoms with Crippen molar-refractivity contribution in [2.75, 3.05) is 5.32 Å². The Morgan fingerprint density at radius 3 is 2.39 bits per heavy atom. The first kappa shape index (κ1) is 22.4. The van der Waals surface area contributed by atoms with Gasteiger partial charge >= 0.3 is 6.03 Å². The highest BCUT2D eigenvalue weighted by Gasteiger charge is 2.17. The van der Waals surface area contributed by atoms with Gasteiger partial charge in [0.1, 0.15) is 16.8 Å². The molecule has 1 aromatic heterocycles. The van der Waals surface area contributed by atoms with Crippen LogP contribution in [0.1, 0.15) is 21.5 Å². The number of nitrogens with one attached hydrogen (secondary N) is 2. The van der Waals surface area contributed by atoms with E-state index in [1.165, 1.54) is 24.4 Å². The predicted molar refractivity (Wildman–Crippen MR) is 118 cm³/mol. The van der Waals surface area contributed by atoms with Gasteiger partial charge in [-0.05, 0) is 48.9 Å².